The van der Waals surface area contributed by atoms with Crippen LogP contribution in [0.1, 0.15) is 62.8 Å². The minimum Gasteiger partial charge on any atom is -0.693 e. The molecule has 1 aromatic carbocycles. The predicted molar refractivity (Wildman–Crippen MR) is 97.8 cm³/mol. The molecule has 3 heteroatoms. The fourth-order valence-corrected chi connectivity index (χ4v) is 5.63. The fraction of sp³-hybridized carbons (Fsp3) is 0.636. The number of fused-ring (bicyclic) bond motifs is 1. The Morgan fingerprint density at radius 3 is 1.96 bits per heavy atom. The Morgan fingerprint density at radius 1 is 0.920 bits per heavy atom. The summed E-state index contributed by atoms with van der Waals surface area (Å²) in [5.41, 5.74) is 1.33. The molecule has 3 aliphatic rings. The van der Waals surface area contributed by atoms with Crippen LogP contribution >= 0.6 is 0 Å². The zero-order chi connectivity index (χ0) is 15.8. The van der Waals surface area contributed by atoms with Gasteiger partial charge in [0.05, 0.1) is 0 Å². The van der Waals surface area contributed by atoms with Gasteiger partial charge in [-0.05, 0) is 68.1 Å². The third kappa shape index (κ3) is 3.76. The van der Waals surface area contributed by atoms with E-state index in [1.54, 1.807) is 6.07 Å². The first-order valence-corrected chi connectivity index (χ1v) is 9.56. The van der Waals surface area contributed by atoms with E-state index in [2.05, 4.69) is 18.7 Å². The van der Waals surface area contributed by atoms with Gasteiger partial charge in [0.2, 0.25) is 0 Å². The normalized spacial score (nSPS) is 36.8. The summed E-state index contributed by atoms with van der Waals surface area (Å²) in [5.74, 6) is 4.92. The third-order valence-electron chi connectivity index (χ3n) is 7.07. The van der Waals surface area contributed by atoms with Crippen molar-refractivity contribution in [1.29, 1.82) is 0 Å². The van der Waals surface area contributed by atoms with Crippen molar-refractivity contribution >= 4 is 0 Å². The van der Waals surface area contributed by atoms with E-state index in [0.29, 0.717) is 5.92 Å². The summed E-state index contributed by atoms with van der Waals surface area (Å²) < 4.78 is 13.1. The van der Waals surface area contributed by atoms with Crippen LogP contribution in [0.3, 0.4) is 0 Å². The molecule has 0 spiro atoms. The van der Waals surface area contributed by atoms with Gasteiger partial charge in [-0.25, -0.2) is 4.39 Å². The van der Waals surface area contributed by atoms with Crippen LogP contribution in [-0.4, -0.2) is 0 Å². The van der Waals surface area contributed by atoms with Crippen molar-refractivity contribution in [2.75, 3.05) is 0 Å². The van der Waals surface area contributed by atoms with Gasteiger partial charge >= 0.3 is 0 Å². The van der Waals surface area contributed by atoms with Crippen LogP contribution < -0.4 is 0 Å². The van der Waals surface area contributed by atoms with Gasteiger partial charge in [0.1, 0.15) is 0 Å². The topological polar surface area (TPSA) is 33.5 Å². The quantitative estimate of drug-likeness (QED) is 0.275. The first-order valence-electron chi connectivity index (χ1n) is 9.56. The summed E-state index contributed by atoms with van der Waals surface area (Å²) >= 11 is 0. The maximum atomic E-state index is 13.1. The molecule has 1 aromatic rings. The van der Waals surface area contributed by atoms with Crippen molar-refractivity contribution in [3.05, 3.63) is 54.5 Å². The number of benzene rings is 1. The van der Waals surface area contributed by atoms with E-state index in [0.717, 1.165) is 29.6 Å². The second-order valence-electron chi connectivity index (χ2n) is 8.15. The van der Waals surface area contributed by atoms with E-state index in [1.807, 2.05) is 12.1 Å². The first-order chi connectivity index (χ1) is 11.3. The van der Waals surface area contributed by atoms with E-state index >= 15 is 0 Å². The second-order valence-corrected chi connectivity index (χ2v) is 8.15. The molecule has 0 aromatic heterocycles. The molecule has 25 heavy (non-hydrogen) atoms. The van der Waals surface area contributed by atoms with Gasteiger partial charge in [0.15, 0.2) is 0 Å². The Labute approximate surface area is 146 Å². The number of halogens is 1. The summed E-state index contributed by atoms with van der Waals surface area (Å²) in [7, 11) is 0. The first kappa shape index (κ1) is 19.2. The van der Waals surface area contributed by atoms with Crippen molar-refractivity contribution < 1.29 is 4.39 Å². The molecule has 0 saturated heterocycles. The zero-order valence-corrected chi connectivity index (χ0v) is 17.3. The van der Waals surface area contributed by atoms with Crippen LogP contribution in [0.4, 0.5) is 4.39 Å². The molecule has 0 amide bonds. The molecule has 0 aliphatic heterocycles. The van der Waals surface area contributed by atoms with E-state index < -0.39 is 0 Å². The minimum absolute atomic E-state index is 0. The Kier molecular flexibility index (Phi) is 6.00. The number of allylic oxidation sites excluding steroid dienone is 1. The average molecular weight is 584 g/mol. The molecule has 3 aliphatic carbocycles. The van der Waals surface area contributed by atoms with E-state index in [-0.39, 0.29) is 12.0 Å². The predicted octanol–water partition coefficient (Wildman–Crippen LogP) is 6.86. The van der Waals surface area contributed by atoms with Crippen LogP contribution in [0.15, 0.2) is 30.9 Å². The summed E-state index contributed by atoms with van der Waals surface area (Å²) in [4.78, 5) is 0. The van der Waals surface area contributed by atoms with E-state index in [9.17, 15) is 4.39 Å². The molecule has 2 atom stereocenters. The van der Waals surface area contributed by atoms with Crippen LogP contribution in [0, 0.1) is 41.5 Å². The van der Waals surface area contributed by atoms with Gasteiger partial charge in [-0.15, -0.1) is 18.7 Å². The monoisotopic (exact) mass is 584 g/mol. The Bertz CT molecular complexity index is 536. The maximum Gasteiger partial charge on any atom is 0.0109 e. The minimum atomic E-state index is -0.232. The average Bonchev–Trinajstić information content (AvgIpc) is 3.31. The Balaban J connectivity index is 0.00000113. The molecule has 0 radical (unpaired) electrons. The molecule has 2 unspecified atom stereocenters. The Hall–Kier alpha value is -2.15. The van der Waals surface area contributed by atoms with Gasteiger partial charge < -0.3 is 6.15 Å². The molecular weight excluding hydrogens is 554 g/mol. The van der Waals surface area contributed by atoms with Crippen molar-refractivity contribution in [2.45, 2.75) is 57.3 Å². The van der Waals surface area contributed by atoms with Crippen LogP contribution in [0.5, 0.6) is 0 Å². The van der Waals surface area contributed by atoms with Gasteiger partial charge in [-0.3, -0.25) is 0 Å². The van der Waals surface area contributed by atoms with Crippen LogP contribution in [-0.2, 0) is 0 Å². The molecule has 3 saturated carbocycles. The van der Waals surface area contributed by atoms with E-state index in [4.69, 9.17) is 0 Å². The van der Waals surface area contributed by atoms with Crippen molar-refractivity contribution in [1.82, 2.24) is 0 Å². The smallest absolute Gasteiger partial charge is 0.0109 e. The standard InChI is InChI=1S/C22H28F.Fm.H2N/c1-2-15-3-5-16(6-4-15)17-9-13-20-21(14-10-17)22(20)18-7-11-19(23)12-8-18;;/h2,7-8,11,15-17,20-22H,1,3-6,9-10,13-14H2;;1H2/q-1;;-1. The van der Waals surface area contributed by atoms with Crippen molar-refractivity contribution in [3.63, 3.8) is 0 Å². The number of rotatable bonds is 3. The molecule has 3 fully saturated rings. The zero-order valence-electron chi connectivity index (χ0n) is 14.9. The summed E-state index contributed by atoms with van der Waals surface area (Å²) in [6.45, 7) is 3.97. The number of hydrogen-bond donors (Lipinski definition) is 0. The molecule has 0 heterocycles. The van der Waals surface area contributed by atoms with Crippen molar-refractivity contribution in [2.24, 2.45) is 29.6 Å². The van der Waals surface area contributed by atoms with Gasteiger partial charge in [-0.2, -0.15) is 17.7 Å². The summed E-state index contributed by atoms with van der Waals surface area (Å²) in [6.07, 6.45) is 13.4. The molecular formula is C22H30FFmN-2. The molecule has 4 rings (SSSR count). The third-order valence-corrected chi connectivity index (χ3v) is 7.07. The molecule has 0 bridgehead atoms. The summed E-state index contributed by atoms with van der Waals surface area (Å²) in [5, 5.41) is 0. The summed E-state index contributed by atoms with van der Waals surface area (Å²) in [6, 6.07) is 8.20. The van der Waals surface area contributed by atoms with Gasteiger partial charge in [0, 0.05) is 5.82 Å². The number of nitrogens with two attached hydrogens (primary N) is 1. The van der Waals surface area contributed by atoms with Crippen LogP contribution in [0.25, 0.3) is 6.15 Å². The van der Waals surface area contributed by atoms with Gasteiger partial charge in [0.25, 0.3) is 0 Å². The molecule has 144 valence electrons. The molecule has 1 nitrogen and oxygen atoms in total. The Morgan fingerprint density at radius 2 is 1.48 bits per heavy atom. The maximum absolute atomic E-state index is 13.1. The second kappa shape index (κ2) is 7.82. The largest absolute Gasteiger partial charge is 0.693 e. The van der Waals surface area contributed by atoms with Gasteiger partial charge in [-0.1, -0.05) is 24.8 Å². The number of hydrogen-bond acceptors (Lipinski definition) is 0. The van der Waals surface area contributed by atoms with Crippen molar-refractivity contribution in [3.8, 4) is 0 Å². The fourth-order valence-electron chi connectivity index (χ4n) is 5.63. The van der Waals surface area contributed by atoms with E-state index in [1.165, 1.54) is 56.9 Å². The molecule has 2 N–H and O–H groups in total. The van der Waals surface area contributed by atoms with Crippen LogP contribution in [0.2, 0.25) is 0 Å². The SMILES string of the molecule is C=CC1CCC(C2CCC3C(CC2)C3c2c[c-]c(F)cc2)CC1.[Fm].[NH2-].